The van der Waals surface area contributed by atoms with Crippen LogP contribution in [0.25, 0.3) is 0 Å². The molecule has 2 rings (SSSR count). The van der Waals surface area contributed by atoms with Gasteiger partial charge in [-0.1, -0.05) is 26.2 Å². The summed E-state index contributed by atoms with van der Waals surface area (Å²) >= 11 is 0. The van der Waals surface area contributed by atoms with E-state index in [1.807, 2.05) is 0 Å². The van der Waals surface area contributed by atoms with E-state index in [0.29, 0.717) is 11.9 Å². The van der Waals surface area contributed by atoms with Gasteiger partial charge in [0.05, 0.1) is 0 Å². The molecule has 6 heteroatoms. The summed E-state index contributed by atoms with van der Waals surface area (Å²) in [4.78, 5) is 30.6. The van der Waals surface area contributed by atoms with Gasteiger partial charge in [-0.25, -0.2) is 14.2 Å². The van der Waals surface area contributed by atoms with Gasteiger partial charge in [0.25, 0.3) is 0 Å². The number of aromatic nitrogens is 3. The lowest BCUT2D eigenvalue weighted by molar-refractivity contribution is 0.312. The molecule has 1 saturated carbocycles. The van der Waals surface area contributed by atoms with E-state index >= 15 is 0 Å². The highest BCUT2D eigenvalue weighted by Gasteiger charge is 2.23. The molecule has 0 saturated heterocycles. The molecular weight excluding hydrogens is 268 g/mol. The number of nitrogens with zero attached hydrogens (tertiary/aromatic N) is 2. The van der Waals surface area contributed by atoms with Crippen molar-refractivity contribution in [1.82, 2.24) is 14.5 Å². The molecule has 1 aliphatic rings. The average molecular weight is 294 g/mol. The van der Waals surface area contributed by atoms with Crippen LogP contribution in [-0.2, 0) is 0 Å². The lowest BCUT2D eigenvalue weighted by Gasteiger charge is -2.30. The molecule has 0 bridgehead atoms. The smallest absolute Gasteiger partial charge is 0.353 e. The van der Waals surface area contributed by atoms with Crippen molar-refractivity contribution in [1.29, 1.82) is 0 Å². The molecule has 1 heterocycles. The van der Waals surface area contributed by atoms with Crippen LogP contribution in [0, 0.1) is 5.92 Å². The molecule has 6 nitrogen and oxygen atoms in total. The van der Waals surface area contributed by atoms with Gasteiger partial charge >= 0.3 is 11.4 Å². The normalized spacial score (nSPS) is 17.9. The molecule has 1 fully saturated rings. The molecule has 0 spiro atoms. The molecule has 0 aliphatic heterocycles. The maximum Gasteiger partial charge on any atom is 0.355 e. The van der Waals surface area contributed by atoms with Crippen LogP contribution in [0.1, 0.15) is 65.3 Å². The topological polar surface area (TPSA) is 79.8 Å². The standard InChI is InChI=1S/C15H26N4O2/c1-4-12(11-8-6-5-7-9-11)16-13-17-14(20)19(10(2)3)15(21)18-13/h10-12H,4-9H2,1-3H3,(H2,16,17,18,20,21)/t12-/m0/s1. The number of anilines is 1. The second-order valence-corrected chi connectivity index (χ2v) is 6.19. The summed E-state index contributed by atoms with van der Waals surface area (Å²) in [5.41, 5.74) is -0.888. The molecule has 21 heavy (non-hydrogen) atoms. The lowest BCUT2D eigenvalue weighted by atomic mass is 9.83. The molecule has 0 amide bonds. The summed E-state index contributed by atoms with van der Waals surface area (Å²) in [5.74, 6) is 0.904. The minimum atomic E-state index is -0.491. The van der Waals surface area contributed by atoms with Crippen molar-refractivity contribution >= 4 is 5.95 Å². The number of nitrogens with one attached hydrogen (secondary N) is 2. The molecule has 0 aromatic carbocycles. The van der Waals surface area contributed by atoms with Crippen LogP contribution in [0.2, 0.25) is 0 Å². The first-order valence-electron chi connectivity index (χ1n) is 8.02. The quantitative estimate of drug-likeness (QED) is 0.873. The number of rotatable bonds is 5. The van der Waals surface area contributed by atoms with Gasteiger partial charge in [-0.2, -0.15) is 4.98 Å². The van der Waals surface area contributed by atoms with E-state index < -0.39 is 11.4 Å². The predicted octanol–water partition coefficient (Wildman–Crippen LogP) is 2.28. The highest BCUT2D eigenvalue weighted by Crippen LogP contribution is 2.28. The highest BCUT2D eigenvalue weighted by molar-refractivity contribution is 5.23. The summed E-state index contributed by atoms with van der Waals surface area (Å²) in [5, 5.41) is 3.27. The fourth-order valence-corrected chi connectivity index (χ4v) is 3.21. The fraction of sp³-hybridized carbons (Fsp3) is 0.800. The molecule has 1 atom stereocenters. The van der Waals surface area contributed by atoms with Crippen LogP contribution in [0.15, 0.2) is 9.59 Å². The minimum absolute atomic E-state index is 0.192. The molecular formula is C15H26N4O2. The highest BCUT2D eigenvalue weighted by atomic mass is 16.2. The summed E-state index contributed by atoms with van der Waals surface area (Å²) in [6.45, 7) is 5.71. The molecule has 1 aliphatic carbocycles. The molecule has 0 unspecified atom stereocenters. The zero-order chi connectivity index (χ0) is 15.4. The van der Waals surface area contributed by atoms with Gasteiger partial charge in [0.2, 0.25) is 5.95 Å². The average Bonchev–Trinajstić information content (AvgIpc) is 2.44. The SMILES string of the molecule is CC[C@H](Nc1nc(=O)n(C(C)C)c(=O)[nH]1)C1CCCCC1. The van der Waals surface area contributed by atoms with Crippen molar-refractivity contribution in [2.24, 2.45) is 5.92 Å². The van der Waals surface area contributed by atoms with Crippen LogP contribution in [0.4, 0.5) is 5.95 Å². The number of H-pyrrole nitrogens is 1. The van der Waals surface area contributed by atoms with Crippen LogP contribution in [0.5, 0.6) is 0 Å². The molecule has 1 aromatic rings. The van der Waals surface area contributed by atoms with Gasteiger partial charge in [-0.3, -0.25) is 4.98 Å². The van der Waals surface area contributed by atoms with Gasteiger partial charge in [0, 0.05) is 12.1 Å². The Kier molecular flexibility index (Phi) is 5.20. The number of hydrogen-bond acceptors (Lipinski definition) is 4. The fourth-order valence-electron chi connectivity index (χ4n) is 3.21. The summed E-state index contributed by atoms with van der Waals surface area (Å²) in [6.07, 6.45) is 7.22. The summed E-state index contributed by atoms with van der Waals surface area (Å²) in [7, 11) is 0. The van der Waals surface area contributed by atoms with E-state index in [0.717, 1.165) is 11.0 Å². The molecule has 118 valence electrons. The zero-order valence-electron chi connectivity index (χ0n) is 13.2. The van der Waals surface area contributed by atoms with Crippen LogP contribution in [0.3, 0.4) is 0 Å². The van der Waals surface area contributed by atoms with E-state index in [1.54, 1.807) is 13.8 Å². The Morgan fingerprint density at radius 3 is 2.48 bits per heavy atom. The van der Waals surface area contributed by atoms with E-state index in [1.165, 1.54) is 32.1 Å². The van der Waals surface area contributed by atoms with Gasteiger partial charge in [-0.05, 0) is 39.0 Å². The van der Waals surface area contributed by atoms with Gasteiger partial charge in [0.1, 0.15) is 0 Å². The molecule has 0 radical (unpaired) electrons. The Balaban J connectivity index is 2.18. The predicted molar refractivity (Wildman–Crippen MR) is 83.8 cm³/mol. The Morgan fingerprint density at radius 2 is 1.95 bits per heavy atom. The maximum absolute atomic E-state index is 12.0. The van der Waals surface area contributed by atoms with Crippen LogP contribution < -0.4 is 16.7 Å². The van der Waals surface area contributed by atoms with Crippen molar-refractivity contribution in [2.45, 2.75) is 71.4 Å². The first-order chi connectivity index (χ1) is 10.0. The summed E-state index contributed by atoms with van der Waals surface area (Å²) in [6, 6.07) is 0.0749. The minimum Gasteiger partial charge on any atom is -0.353 e. The van der Waals surface area contributed by atoms with Gasteiger partial charge in [-0.15, -0.1) is 0 Å². The monoisotopic (exact) mass is 294 g/mol. The van der Waals surface area contributed by atoms with E-state index in [2.05, 4.69) is 22.2 Å². The lowest BCUT2D eigenvalue weighted by Crippen LogP contribution is -2.40. The van der Waals surface area contributed by atoms with Gasteiger partial charge in [0.15, 0.2) is 0 Å². The van der Waals surface area contributed by atoms with E-state index in [9.17, 15) is 9.59 Å². The molecule has 2 N–H and O–H groups in total. The van der Waals surface area contributed by atoms with Crippen molar-refractivity contribution in [3.8, 4) is 0 Å². The second kappa shape index (κ2) is 6.91. The Bertz CT molecular complexity index is 539. The third-order valence-electron chi connectivity index (χ3n) is 4.35. The largest absolute Gasteiger partial charge is 0.355 e. The van der Waals surface area contributed by atoms with Crippen molar-refractivity contribution in [2.75, 3.05) is 5.32 Å². The number of hydrogen-bond donors (Lipinski definition) is 2. The maximum atomic E-state index is 12.0. The van der Waals surface area contributed by atoms with Crippen molar-refractivity contribution in [3.05, 3.63) is 21.0 Å². The first kappa shape index (κ1) is 15.8. The second-order valence-electron chi connectivity index (χ2n) is 6.19. The third-order valence-corrected chi connectivity index (χ3v) is 4.35. The number of aromatic amines is 1. The van der Waals surface area contributed by atoms with Gasteiger partial charge < -0.3 is 5.32 Å². The van der Waals surface area contributed by atoms with Crippen LogP contribution in [-0.4, -0.2) is 20.6 Å². The Morgan fingerprint density at radius 1 is 1.29 bits per heavy atom. The van der Waals surface area contributed by atoms with Crippen LogP contribution >= 0.6 is 0 Å². The van der Waals surface area contributed by atoms with E-state index in [-0.39, 0.29) is 12.1 Å². The van der Waals surface area contributed by atoms with E-state index in [4.69, 9.17) is 0 Å². The summed E-state index contributed by atoms with van der Waals surface area (Å²) < 4.78 is 1.13. The molecule has 1 aromatic heterocycles. The Hall–Kier alpha value is -1.59. The van der Waals surface area contributed by atoms with Crippen molar-refractivity contribution in [3.63, 3.8) is 0 Å². The Labute approximate surface area is 125 Å². The first-order valence-corrected chi connectivity index (χ1v) is 8.02. The zero-order valence-corrected chi connectivity index (χ0v) is 13.2. The van der Waals surface area contributed by atoms with Crippen molar-refractivity contribution < 1.29 is 0 Å². The third kappa shape index (κ3) is 3.74.